The van der Waals surface area contributed by atoms with Crippen LogP contribution in [0.4, 0.5) is 5.69 Å². The summed E-state index contributed by atoms with van der Waals surface area (Å²) < 4.78 is 33.9. The van der Waals surface area contributed by atoms with Gasteiger partial charge in [0.25, 0.3) is 5.69 Å². The molecule has 2 heterocycles. The van der Waals surface area contributed by atoms with Gasteiger partial charge in [0.05, 0.1) is 15.9 Å². The Kier molecular flexibility index (Phi) is 7.05. The van der Waals surface area contributed by atoms with E-state index in [1.807, 2.05) is 13.8 Å². The molecule has 1 saturated heterocycles. The minimum absolute atomic E-state index is 0.00535. The van der Waals surface area contributed by atoms with Gasteiger partial charge in [0, 0.05) is 30.8 Å². The first kappa shape index (κ1) is 24.0. The van der Waals surface area contributed by atoms with Gasteiger partial charge in [-0.15, -0.1) is 10.2 Å². The molecule has 3 aromatic rings. The van der Waals surface area contributed by atoms with E-state index in [1.165, 1.54) is 12.1 Å². The number of nitro benzene ring substituents is 1. The van der Waals surface area contributed by atoms with Crippen molar-refractivity contribution < 1.29 is 17.8 Å². The molecule has 0 aliphatic carbocycles. The van der Waals surface area contributed by atoms with Crippen molar-refractivity contribution in [3.05, 3.63) is 70.1 Å². The van der Waals surface area contributed by atoms with E-state index in [1.54, 1.807) is 36.4 Å². The Morgan fingerprint density at radius 1 is 1.18 bits per heavy atom. The monoisotopic (exact) mass is 485 g/mol. The number of sulfonamides is 1. The minimum Gasteiger partial charge on any atom is -0.419 e. The van der Waals surface area contributed by atoms with E-state index in [9.17, 15) is 18.5 Å². The molecule has 4 rings (SSSR count). The van der Waals surface area contributed by atoms with Gasteiger partial charge in [0.1, 0.15) is 0 Å². The molecule has 34 heavy (non-hydrogen) atoms. The summed E-state index contributed by atoms with van der Waals surface area (Å²) in [6.45, 7) is 5.80. The molecular weight excluding hydrogens is 458 g/mol. The molecule has 0 saturated carbocycles. The van der Waals surface area contributed by atoms with Crippen molar-refractivity contribution >= 4 is 15.7 Å². The van der Waals surface area contributed by atoms with Crippen molar-refractivity contribution in [2.45, 2.75) is 37.6 Å². The van der Waals surface area contributed by atoms with Crippen molar-refractivity contribution in [2.75, 3.05) is 19.6 Å². The lowest BCUT2D eigenvalue weighted by Gasteiger charge is -2.35. The third-order valence-corrected chi connectivity index (χ3v) is 7.55. The molecule has 0 amide bonds. The first-order valence-electron chi connectivity index (χ1n) is 11.1. The molecule has 2 aromatic carbocycles. The summed E-state index contributed by atoms with van der Waals surface area (Å²) in [6.07, 6.45) is 1.86. The van der Waals surface area contributed by atoms with Crippen molar-refractivity contribution in [1.82, 2.24) is 19.8 Å². The lowest BCUT2D eigenvalue weighted by Crippen LogP contribution is -2.42. The van der Waals surface area contributed by atoms with Crippen LogP contribution in [0.5, 0.6) is 0 Å². The van der Waals surface area contributed by atoms with Gasteiger partial charge in [-0.1, -0.05) is 17.7 Å². The molecule has 1 fully saturated rings. The van der Waals surface area contributed by atoms with Crippen LogP contribution in [-0.4, -0.2) is 48.1 Å². The molecule has 11 heteroatoms. The minimum atomic E-state index is -3.55. The topological polar surface area (TPSA) is 131 Å². The number of nitro groups is 1. The molecule has 0 bridgehead atoms. The smallest absolute Gasteiger partial charge is 0.269 e. The maximum atomic E-state index is 12.6. The number of non-ortho nitro benzene ring substituents is 1. The second kappa shape index (κ2) is 10.00. The van der Waals surface area contributed by atoms with E-state index in [-0.39, 0.29) is 22.5 Å². The summed E-state index contributed by atoms with van der Waals surface area (Å²) in [7, 11) is -3.55. The zero-order chi connectivity index (χ0) is 24.3. The summed E-state index contributed by atoms with van der Waals surface area (Å²) in [5.41, 5.74) is 1.61. The number of likely N-dealkylation sites (tertiary alicyclic amines) is 1. The third kappa shape index (κ3) is 5.49. The highest BCUT2D eigenvalue weighted by Crippen LogP contribution is 2.28. The lowest BCUT2D eigenvalue weighted by atomic mass is 9.97. The van der Waals surface area contributed by atoms with E-state index >= 15 is 0 Å². The molecule has 2 unspecified atom stereocenters. The Morgan fingerprint density at radius 2 is 1.88 bits per heavy atom. The molecule has 10 nitrogen and oxygen atoms in total. The zero-order valence-electron chi connectivity index (χ0n) is 19.0. The summed E-state index contributed by atoms with van der Waals surface area (Å²) in [5, 5.41) is 19.1. The first-order chi connectivity index (χ1) is 16.2. The average molecular weight is 486 g/mol. The molecule has 1 N–H and O–H groups in total. The van der Waals surface area contributed by atoms with Crippen LogP contribution in [0.25, 0.3) is 11.5 Å². The SMILES string of the molecule is Cc1ccc(S(=O)(=O)NCC2CCCN(C(C)c3nnc(-c4ccc([N+](=O)[O-])cc4)o3)C2)cc1. The van der Waals surface area contributed by atoms with E-state index in [0.717, 1.165) is 24.9 Å². The predicted molar refractivity (Wildman–Crippen MR) is 125 cm³/mol. The highest BCUT2D eigenvalue weighted by atomic mass is 32.2. The fourth-order valence-corrected chi connectivity index (χ4v) is 5.16. The van der Waals surface area contributed by atoms with Crippen molar-refractivity contribution in [2.24, 2.45) is 5.92 Å². The zero-order valence-corrected chi connectivity index (χ0v) is 19.9. The number of hydrogen-bond acceptors (Lipinski definition) is 8. The number of hydrogen-bond donors (Lipinski definition) is 1. The normalized spacial score (nSPS) is 18.0. The van der Waals surface area contributed by atoms with Crippen LogP contribution in [0.3, 0.4) is 0 Å². The first-order valence-corrected chi connectivity index (χ1v) is 12.6. The predicted octanol–water partition coefficient (Wildman–Crippen LogP) is 3.70. The number of aryl methyl sites for hydroxylation is 1. The summed E-state index contributed by atoms with van der Waals surface area (Å²) in [4.78, 5) is 12.9. The number of nitrogens with one attached hydrogen (secondary N) is 1. The average Bonchev–Trinajstić information content (AvgIpc) is 3.33. The number of benzene rings is 2. The number of aromatic nitrogens is 2. The van der Waals surface area contributed by atoms with Crippen LogP contribution < -0.4 is 4.72 Å². The van der Waals surface area contributed by atoms with E-state index < -0.39 is 14.9 Å². The van der Waals surface area contributed by atoms with E-state index in [4.69, 9.17) is 4.42 Å². The Bertz CT molecular complexity index is 1240. The van der Waals surface area contributed by atoms with Gasteiger partial charge in [-0.05, 0) is 63.4 Å². The Labute approximate surface area is 198 Å². The summed E-state index contributed by atoms with van der Waals surface area (Å²) in [6, 6.07) is 12.6. The van der Waals surface area contributed by atoms with Crippen LogP contribution in [0.15, 0.2) is 57.8 Å². The molecule has 1 aliphatic rings. The van der Waals surface area contributed by atoms with Crippen LogP contribution in [0.2, 0.25) is 0 Å². The molecule has 1 aliphatic heterocycles. The van der Waals surface area contributed by atoms with Gasteiger partial charge in [0.2, 0.25) is 21.8 Å². The van der Waals surface area contributed by atoms with Gasteiger partial charge in [0.15, 0.2) is 0 Å². The molecule has 2 atom stereocenters. The van der Waals surface area contributed by atoms with Gasteiger partial charge in [-0.2, -0.15) is 0 Å². The molecule has 0 spiro atoms. The van der Waals surface area contributed by atoms with E-state index in [0.29, 0.717) is 30.4 Å². The van der Waals surface area contributed by atoms with Gasteiger partial charge < -0.3 is 4.42 Å². The highest BCUT2D eigenvalue weighted by molar-refractivity contribution is 7.89. The fourth-order valence-electron chi connectivity index (χ4n) is 4.05. The van der Waals surface area contributed by atoms with Crippen LogP contribution >= 0.6 is 0 Å². The maximum Gasteiger partial charge on any atom is 0.269 e. The Hall–Kier alpha value is -3.15. The Morgan fingerprint density at radius 3 is 2.56 bits per heavy atom. The second-order valence-electron chi connectivity index (χ2n) is 8.59. The summed E-state index contributed by atoms with van der Waals surface area (Å²) >= 11 is 0. The highest BCUT2D eigenvalue weighted by Gasteiger charge is 2.28. The molecule has 0 radical (unpaired) electrons. The van der Waals surface area contributed by atoms with Crippen molar-refractivity contribution in [3.63, 3.8) is 0 Å². The Balaban J connectivity index is 1.37. The molecule has 180 valence electrons. The van der Waals surface area contributed by atoms with Gasteiger partial charge in [-0.3, -0.25) is 15.0 Å². The van der Waals surface area contributed by atoms with Gasteiger partial charge in [-0.25, -0.2) is 13.1 Å². The fraction of sp³-hybridized carbons (Fsp3) is 0.391. The quantitative estimate of drug-likeness (QED) is 0.377. The number of nitrogens with zero attached hydrogens (tertiary/aromatic N) is 4. The van der Waals surface area contributed by atoms with Crippen LogP contribution in [-0.2, 0) is 10.0 Å². The third-order valence-electron chi connectivity index (χ3n) is 6.11. The van der Waals surface area contributed by atoms with E-state index in [2.05, 4.69) is 19.8 Å². The van der Waals surface area contributed by atoms with Gasteiger partial charge >= 0.3 is 0 Å². The second-order valence-corrected chi connectivity index (χ2v) is 10.4. The largest absolute Gasteiger partial charge is 0.419 e. The maximum absolute atomic E-state index is 12.6. The van der Waals surface area contributed by atoms with Crippen molar-refractivity contribution in [1.29, 1.82) is 0 Å². The molecular formula is C23H27N5O5S. The lowest BCUT2D eigenvalue weighted by molar-refractivity contribution is -0.384. The standard InChI is InChI=1S/C23H27N5O5S/c1-16-5-11-21(12-6-16)34(31,32)24-14-18-4-3-13-27(15-18)17(2)22-25-26-23(33-22)19-7-9-20(10-8-19)28(29)30/h5-12,17-18,24H,3-4,13-15H2,1-2H3. The number of rotatable bonds is 8. The van der Waals surface area contributed by atoms with Crippen LogP contribution in [0, 0.1) is 23.0 Å². The summed E-state index contributed by atoms with van der Waals surface area (Å²) in [5.74, 6) is 0.916. The number of piperidine rings is 1. The molecule has 1 aromatic heterocycles. The van der Waals surface area contributed by atoms with Crippen molar-refractivity contribution in [3.8, 4) is 11.5 Å². The van der Waals surface area contributed by atoms with Crippen LogP contribution in [0.1, 0.15) is 37.3 Å².